The third kappa shape index (κ3) is 4.05. The molecule has 0 N–H and O–H groups in total. The second-order valence-corrected chi connectivity index (χ2v) is 4.58. The Morgan fingerprint density at radius 3 is 2.87 bits per heavy atom. The number of nitro groups is 1. The second-order valence-electron chi connectivity index (χ2n) is 3.18. The molecule has 0 aromatic carbocycles. The van der Waals surface area contributed by atoms with Crippen molar-refractivity contribution in [1.82, 2.24) is 4.98 Å². The Bertz CT molecular complexity index is 331. The molecule has 1 heterocycles. The third-order valence-corrected chi connectivity index (χ3v) is 3.54. The minimum absolute atomic E-state index is 0.121. The predicted octanol–water partition coefficient (Wildman–Crippen LogP) is 2.96. The van der Waals surface area contributed by atoms with Gasteiger partial charge in [0.25, 0.3) is 0 Å². The molecule has 0 saturated heterocycles. The predicted molar refractivity (Wildman–Crippen MR) is 61.5 cm³/mol. The Kier molecular flexibility index (Phi) is 4.84. The largest absolute Gasteiger partial charge is 0.363 e. The van der Waals surface area contributed by atoms with E-state index in [0.29, 0.717) is 11.8 Å². The summed E-state index contributed by atoms with van der Waals surface area (Å²) < 4.78 is 0. The van der Waals surface area contributed by atoms with Crippen LogP contribution in [0.4, 0.5) is 5.82 Å². The molecule has 82 valence electrons. The van der Waals surface area contributed by atoms with Gasteiger partial charge in [0.15, 0.2) is 6.20 Å². The average Bonchev–Trinajstić information content (AvgIpc) is 2.26. The van der Waals surface area contributed by atoms with Crippen LogP contribution in [-0.4, -0.2) is 21.5 Å². The van der Waals surface area contributed by atoms with Crippen molar-refractivity contribution in [2.45, 2.75) is 11.8 Å². The maximum atomic E-state index is 10.3. The fourth-order valence-corrected chi connectivity index (χ4v) is 1.97. The van der Waals surface area contributed by atoms with E-state index in [1.54, 1.807) is 17.8 Å². The van der Waals surface area contributed by atoms with Crippen LogP contribution in [0.15, 0.2) is 23.2 Å². The molecule has 1 atom stereocenters. The monoisotopic (exact) mass is 246 g/mol. The molecule has 0 aliphatic carbocycles. The molecule has 0 bridgehead atoms. The summed E-state index contributed by atoms with van der Waals surface area (Å²) in [6.45, 7) is 2.05. The van der Waals surface area contributed by atoms with E-state index in [1.165, 1.54) is 12.3 Å². The van der Waals surface area contributed by atoms with Gasteiger partial charge in [-0.25, -0.2) is 0 Å². The zero-order chi connectivity index (χ0) is 11.3. The van der Waals surface area contributed by atoms with Crippen LogP contribution in [0.2, 0.25) is 0 Å². The van der Waals surface area contributed by atoms with Gasteiger partial charge in [-0.2, -0.15) is 0 Å². The Hall–Kier alpha value is -0.810. The first-order chi connectivity index (χ1) is 7.13. The van der Waals surface area contributed by atoms with Gasteiger partial charge in [0.1, 0.15) is 0 Å². The molecule has 0 aliphatic rings. The molecule has 15 heavy (non-hydrogen) atoms. The number of thioether (sulfide) groups is 1. The van der Waals surface area contributed by atoms with Crippen molar-refractivity contribution in [3.05, 3.63) is 28.4 Å². The van der Waals surface area contributed by atoms with Crippen LogP contribution in [0.1, 0.15) is 6.92 Å². The van der Waals surface area contributed by atoms with Crippen molar-refractivity contribution >= 4 is 29.2 Å². The lowest BCUT2D eigenvalue weighted by molar-refractivity contribution is -0.389. The average molecular weight is 247 g/mol. The maximum absolute atomic E-state index is 10.3. The van der Waals surface area contributed by atoms with Crippen LogP contribution in [0.25, 0.3) is 0 Å². The van der Waals surface area contributed by atoms with Crippen molar-refractivity contribution in [3.8, 4) is 0 Å². The van der Waals surface area contributed by atoms with Crippen LogP contribution in [0, 0.1) is 16.0 Å². The summed E-state index contributed by atoms with van der Waals surface area (Å²) in [4.78, 5) is 14.5. The normalized spacial score (nSPS) is 12.4. The molecule has 0 saturated carbocycles. The molecule has 0 spiro atoms. The molecule has 1 rings (SSSR count). The number of nitrogens with zero attached hydrogens (tertiary/aromatic N) is 2. The fourth-order valence-electron chi connectivity index (χ4n) is 0.849. The summed E-state index contributed by atoms with van der Waals surface area (Å²) >= 11 is 7.27. The number of aromatic nitrogens is 1. The highest BCUT2D eigenvalue weighted by Gasteiger charge is 2.07. The first-order valence-corrected chi connectivity index (χ1v) is 5.94. The number of pyridine rings is 1. The van der Waals surface area contributed by atoms with Gasteiger partial charge in [-0.1, -0.05) is 6.92 Å². The summed E-state index contributed by atoms with van der Waals surface area (Å²) in [7, 11) is 0. The summed E-state index contributed by atoms with van der Waals surface area (Å²) in [6.07, 6.45) is 1.52. The van der Waals surface area contributed by atoms with Gasteiger partial charge in [0.2, 0.25) is 0 Å². The van der Waals surface area contributed by atoms with Crippen LogP contribution in [-0.2, 0) is 0 Å². The van der Waals surface area contributed by atoms with E-state index in [1.807, 2.05) is 0 Å². The standard InChI is InChI=1S/C9H11ClN2O2S/c1-7(4-10)6-15-8-2-3-9(11-5-8)12(13)14/h2-3,5,7H,4,6H2,1H3. The van der Waals surface area contributed by atoms with Crippen LogP contribution in [0.5, 0.6) is 0 Å². The summed E-state index contributed by atoms with van der Waals surface area (Å²) in [5, 5.41) is 10.3. The SMILES string of the molecule is CC(CCl)CSc1ccc([N+](=O)[O-])nc1. The minimum atomic E-state index is -0.504. The van der Waals surface area contributed by atoms with Gasteiger partial charge in [-0.15, -0.1) is 23.4 Å². The molecule has 0 amide bonds. The molecular weight excluding hydrogens is 236 g/mol. The molecule has 4 nitrogen and oxygen atoms in total. The van der Waals surface area contributed by atoms with Crippen LogP contribution >= 0.6 is 23.4 Å². The summed E-state index contributed by atoms with van der Waals surface area (Å²) in [5.74, 6) is 1.81. The van der Waals surface area contributed by atoms with Gasteiger partial charge < -0.3 is 10.1 Å². The highest BCUT2D eigenvalue weighted by atomic mass is 35.5. The van der Waals surface area contributed by atoms with Crippen molar-refractivity contribution in [3.63, 3.8) is 0 Å². The molecular formula is C9H11ClN2O2S. The van der Waals surface area contributed by atoms with Crippen LogP contribution in [0.3, 0.4) is 0 Å². The number of rotatable bonds is 5. The zero-order valence-electron chi connectivity index (χ0n) is 8.22. The Balaban J connectivity index is 2.53. The number of halogens is 1. The van der Waals surface area contributed by atoms with E-state index >= 15 is 0 Å². The van der Waals surface area contributed by atoms with E-state index < -0.39 is 4.92 Å². The smallest absolute Gasteiger partial charge is 0.358 e. The Morgan fingerprint density at radius 1 is 1.67 bits per heavy atom. The fraction of sp³-hybridized carbons (Fsp3) is 0.444. The number of hydrogen-bond donors (Lipinski definition) is 0. The lowest BCUT2D eigenvalue weighted by Crippen LogP contribution is -1.99. The number of alkyl halides is 1. The van der Waals surface area contributed by atoms with Gasteiger partial charge in [-0.3, -0.25) is 0 Å². The Labute approximate surface area is 97.2 Å². The summed E-state index contributed by atoms with van der Waals surface area (Å²) in [5.41, 5.74) is 0. The van der Waals surface area contributed by atoms with Crippen molar-refractivity contribution in [1.29, 1.82) is 0 Å². The van der Waals surface area contributed by atoms with Crippen molar-refractivity contribution in [2.24, 2.45) is 5.92 Å². The van der Waals surface area contributed by atoms with Gasteiger partial charge in [0, 0.05) is 17.7 Å². The van der Waals surface area contributed by atoms with Gasteiger partial charge in [0.05, 0.1) is 4.90 Å². The highest BCUT2D eigenvalue weighted by Crippen LogP contribution is 2.21. The zero-order valence-corrected chi connectivity index (χ0v) is 9.79. The van der Waals surface area contributed by atoms with Gasteiger partial charge >= 0.3 is 5.82 Å². The topological polar surface area (TPSA) is 56.0 Å². The molecule has 1 aromatic rings. The van der Waals surface area contributed by atoms with Gasteiger partial charge in [-0.05, 0) is 21.9 Å². The lowest BCUT2D eigenvalue weighted by Gasteiger charge is -2.04. The first-order valence-electron chi connectivity index (χ1n) is 4.42. The van der Waals surface area contributed by atoms with Crippen molar-refractivity contribution in [2.75, 3.05) is 11.6 Å². The van der Waals surface area contributed by atoms with Crippen molar-refractivity contribution < 1.29 is 4.92 Å². The third-order valence-electron chi connectivity index (χ3n) is 1.71. The van der Waals surface area contributed by atoms with E-state index in [-0.39, 0.29) is 5.82 Å². The van der Waals surface area contributed by atoms with E-state index in [9.17, 15) is 10.1 Å². The molecule has 6 heteroatoms. The molecule has 1 unspecified atom stereocenters. The molecule has 1 aromatic heterocycles. The Morgan fingerprint density at radius 2 is 2.40 bits per heavy atom. The maximum Gasteiger partial charge on any atom is 0.363 e. The van der Waals surface area contributed by atoms with E-state index in [4.69, 9.17) is 11.6 Å². The van der Waals surface area contributed by atoms with E-state index in [2.05, 4.69) is 11.9 Å². The molecule has 0 fully saturated rings. The highest BCUT2D eigenvalue weighted by molar-refractivity contribution is 7.99. The lowest BCUT2D eigenvalue weighted by atomic mass is 10.3. The first kappa shape index (κ1) is 12.3. The molecule has 0 aliphatic heterocycles. The molecule has 0 radical (unpaired) electrons. The second kappa shape index (κ2) is 5.92. The van der Waals surface area contributed by atoms with Crippen LogP contribution < -0.4 is 0 Å². The number of hydrogen-bond acceptors (Lipinski definition) is 4. The minimum Gasteiger partial charge on any atom is -0.358 e. The quantitative estimate of drug-likeness (QED) is 0.347. The summed E-state index contributed by atoms with van der Waals surface area (Å²) in [6, 6.07) is 3.12. The van der Waals surface area contributed by atoms with E-state index in [0.717, 1.165) is 10.6 Å².